The summed E-state index contributed by atoms with van der Waals surface area (Å²) in [5, 5.41) is 0.383. The van der Waals surface area contributed by atoms with Crippen LogP contribution in [0.25, 0.3) is 0 Å². The first kappa shape index (κ1) is 15.6. The zero-order valence-corrected chi connectivity index (χ0v) is 13.4. The molecule has 0 fully saturated rings. The molecule has 0 saturated carbocycles. The molecule has 0 bridgehead atoms. The predicted molar refractivity (Wildman–Crippen MR) is 85.3 cm³/mol. The Bertz CT molecular complexity index is 707. The summed E-state index contributed by atoms with van der Waals surface area (Å²) >= 11 is 1.31. The normalized spacial score (nSPS) is 11.3. The Kier molecular flexibility index (Phi) is 4.69. The van der Waals surface area contributed by atoms with E-state index in [-0.39, 0.29) is 12.4 Å². The summed E-state index contributed by atoms with van der Waals surface area (Å²) in [6, 6.07) is 6.86. The van der Waals surface area contributed by atoms with E-state index in [9.17, 15) is 8.42 Å². The van der Waals surface area contributed by atoms with Crippen molar-refractivity contribution in [1.82, 2.24) is 4.98 Å². The number of aryl methyl sites for hydroxylation is 2. The number of sulfonamides is 1. The highest BCUT2D eigenvalue weighted by atomic mass is 32.2. The minimum absolute atomic E-state index is 0.0438. The molecule has 0 saturated heterocycles. The molecular formula is C13H17N3O3S2. The summed E-state index contributed by atoms with van der Waals surface area (Å²) in [4.78, 5) is 5.13. The van der Waals surface area contributed by atoms with Gasteiger partial charge in [0.05, 0.1) is 5.69 Å². The molecule has 2 rings (SSSR count). The molecule has 21 heavy (non-hydrogen) atoms. The molecule has 1 aromatic heterocycles. The van der Waals surface area contributed by atoms with Crippen molar-refractivity contribution in [2.24, 2.45) is 0 Å². The molecule has 0 unspecified atom stereocenters. The number of thiazole rings is 1. The largest absolute Gasteiger partial charge is 0.492 e. The fraction of sp³-hybridized carbons (Fsp3) is 0.308. The third-order valence-electron chi connectivity index (χ3n) is 2.75. The number of hydrogen-bond donors (Lipinski definition) is 2. The lowest BCUT2D eigenvalue weighted by Crippen LogP contribution is -2.21. The number of benzene rings is 1. The molecule has 114 valence electrons. The Morgan fingerprint density at radius 1 is 1.38 bits per heavy atom. The molecule has 0 aliphatic heterocycles. The number of ether oxygens (including phenoxy) is 1. The summed E-state index contributed by atoms with van der Waals surface area (Å²) < 4.78 is 31.7. The number of hydrogen-bond acceptors (Lipinski definition) is 6. The highest BCUT2D eigenvalue weighted by Gasteiger charge is 2.14. The second-order valence-corrected chi connectivity index (χ2v) is 7.55. The van der Waals surface area contributed by atoms with Gasteiger partial charge in [0.15, 0.2) is 5.13 Å². The van der Waals surface area contributed by atoms with Crippen molar-refractivity contribution in [1.29, 1.82) is 0 Å². The topological polar surface area (TPSA) is 94.3 Å². The maximum absolute atomic E-state index is 11.9. The van der Waals surface area contributed by atoms with Gasteiger partial charge in [0.2, 0.25) is 10.0 Å². The summed E-state index contributed by atoms with van der Waals surface area (Å²) in [5.74, 6) is 0.394. The Balaban J connectivity index is 1.89. The van der Waals surface area contributed by atoms with Crippen LogP contribution in [-0.4, -0.2) is 25.8 Å². The van der Waals surface area contributed by atoms with Crippen molar-refractivity contribution in [3.63, 3.8) is 0 Å². The molecule has 1 aromatic carbocycles. The van der Waals surface area contributed by atoms with E-state index < -0.39 is 10.0 Å². The van der Waals surface area contributed by atoms with E-state index >= 15 is 0 Å². The molecule has 3 N–H and O–H groups in total. The molecule has 0 radical (unpaired) electrons. The van der Waals surface area contributed by atoms with Gasteiger partial charge < -0.3 is 10.5 Å². The monoisotopic (exact) mass is 327 g/mol. The van der Waals surface area contributed by atoms with E-state index in [1.807, 2.05) is 13.8 Å². The summed E-state index contributed by atoms with van der Waals surface area (Å²) in [7, 11) is -3.48. The standard InChI is InChI=1S/C13H17N3O3S2/c1-9-10(2)20-13(15-9)16-21(17,18)7-6-19-12-5-3-4-11(14)8-12/h3-5,8H,6-7,14H2,1-2H3,(H,15,16). The van der Waals surface area contributed by atoms with Gasteiger partial charge in [-0.25, -0.2) is 13.4 Å². The molecule has 6 nitrogen and oxygen atoms in total. The third-order valence-corrected chi connectivity index (χ3v) is 5.08. The van der Waals surface area contributed by atoms with E-state index in [0.29, 0.717) is 16.6 Å². The quantitative estimate of drug-likeness (QED) is 0.793. The van der Waals surface area contributed by atoms with Crippen molar-refractivity contribution in [2.75, 3.05) is 22.8 Å². The SMILES string of the molecule is Cc1nc(NS(=O)(=O)CCOc2cccc(N)c2)sc1C. The molecule has 0 aliphatic rings. The van der Waals surface area contributed by atoms with Crippen LogP contribution in [0, 0.1) is 13.8 Å². The number of rotatable bonds is 6. The summed E-state index contributed by atoms with van der Waals surface area (Å²) in [5.41, 5.74) is 7.02. The number of nitrogen functional groups attached to an aromatic ring is 1. The number of nitrogens with zero attached hydrogens (tertiary/aromatic N) is 1. The van der Waals surface area contributed by atoms with Gasteiger partial charge in [-0.15, -0.1) is 11.3 Å². The average molecular weight is 327 g/mol. The van der Waals surface area contributed by atoms with E-state index in [1.54, 1.807) is 24.3 Å². The van der Waals surface area contributed by atoms with E-state index in [1.165, 1.54) is 11.3 Å². The van der Waals surface area contributed by atoms with Gasteiger partial charge >= 0.3 is 0 Å². The lowest BCUT2D eigenvalue weighted by molar-refractivity contribution is 0.341. The third kappa shape index (κ3) is 4.61. The second kappa shape index (κ2) is 6.31. The van der Waals surface area contributed by atoms with Gasteiger partial charge in [-0.05, 0) is 26.0 Å². The maximum atomic E-state index is 11.9. The summed E-state index contributed by atoms with van der Waals surface area (Å²) in [6.45, 7) is 3.78. The van der Waals surface area contributed by atoms with Crippen LogP contribution in [-0.2, 0) is 10.0 Å². The number of anilines is 2. The Morgan fingerprint density at radius 3 is 2.76 bits per heavy atom. The zero-order valence-electron chi connectivity index (χ0n) is 11.8. The van der Waals surface area contributed by atoms with Crippen LogP contribution in [0.15, 0.2) is 24.3 Å². The van der Waals surface area contributed by atoms with Crippen LogP contribution < -0.4 is 15.2 Å². The lowest BCUT2D eigenvalue weighted by atomic mass is 10.3. The first-order valence-electron chi connectivity index (χ1n) is 6.28. The Labute approximate surface area is 128 Å². The fourth-order valence-electron chi connectivity index (χ4n) is 1.57. The summed E-state index contributed by atoms with van der Waals surface area (Å²) in [6.07, 6.45) is 0. The number of nitrogens with two attached hydrogens (primary N) is 1. The van der Waals surface area contributed by atoms with Crippen LogP contribution in [0.2, 0.25) is 0 Å². The first-order valence-corrected chi connectivity index (χ1v) is 8.75. The highest BCUT2D eigenvalue weighted by molar-refractivity contribution is 7.92. The smallest absolute Gasteiger partial charge is 0.237 e. The molecule has 8 heteroatoms. The van der Waals surface area contributed by atoms with Gasteiger partial charge in [-0.2, -0.15) is 0 Å². The van der Waals surface area contributed by atoms with Gasteiger partial charge in [-0.3, -0.25) is 4.72 Å². The molecule has 0 spiro atoms. The van der Waals surface area contributed by atoms with Crippen LogP contribution >= 0.6 is 11.3 Å². The molecule has 0 amide bonds. The molecule has 2 aromatic rings. The van der Waals surface area contributed by atoms with E-state index in [0.717, 1.165) is 10.6 Å². The lowest BCUT2D eigenvalue weighted by Gasteiger charge is -2.08. The van der Waals surface area contributed by atoms with E-state index in [2.05, 4.69) is 9.71 Å². The van der Waals surface area contributed by atoms with Crippen LogP contribution in [0.4, 0.5) is 10.8 Å². The first-order chi connectivity index (χ1) is 9.85. The van der Waals surface area contributed by atoms with Crippen molar-refractivity contribution >= 4 is 32.2 Å². The van der Waals surface area contributed by atoms with Crippen molar-refractivity contribution in [3.05, 3.63) is 34.8 Å². The fourth-order valence-corrected chi connectivity index (χ4v) is 3.50. The van der Waals surface area contributed by atoms with Gasteiger partial charge in [0.25, 0.3) is 0 Å². The number of nitrogens with one attached hydrogen (secondary N) is 1. The molecule has 1 heterocycles. The minimum Gasteiger partial charge on any atom is -0.492 e. The van der Waals surface area contributed by atoms with Gasteiger partial charge in [-0.1, -0.05) is 6.07 Å². The van der Waals surface area contributed by atoms with Gasteiger partial charge in [0, 0.05) is 16.6 Å². The molecule has 0 aliphatic carbocycles. The zero-order chi connectivity index (χ0) is 15.5. The van der Waals surface area contributed by atoms with Crippen LogP contribution in [0.3, 0.4) is 0 Å². The van der Waals surface area contributed by atoms with E-state index in [4.69, 9.17) is 10.5 Å². The molecule has 0 atom stereocenters. The van der Waals surface area contributed by atoms with Crippen molar-refractivity contribution < 1.29 is 13.2 Å². The number of aromatic nitrogens is 1. The maximum Gasteiger partial charge on any atom is 0.237 e. The van der Waals surface area contributed by atoms with Crippen molar-refractivity contribution in [3.8, 4) is 5.75 Å². The Morgan fingerprint density at radius 2 is 2.14 bits per heavy atom. The average Bonchev–Trinajstić information content (AvgIpc) is 2.67. The van der Waals surface area contributed by atoms with Crippen LogP contribution in [0.5, 0.6) is 5.75 Å². The van der Waals surface area contributed by atoms with Gasteiger partial charge in [0.1, 0.15) is 18.1 Å². The predicted octanol–water partition coefficient (Wildman–Crippen LogP) is 2.16. The highest BCUT2D eigenvalue weighted by Crippen LogP contribution is 2.22. The second-order valence-electron chi connectivity index (χ2n) is 4.50. The minimum atomic E-state index is -3.48. The van der Waals surface area contributed by atoms with Crippen molar-refractivity contribution in [2.45, 2.75) is 13.8 Å². The molecular weight excluding hydrogens is 310 g/mol. The Hall–Kier alpha value is -1.80. The van der Waals surface area contributed by atoms with Crippen LogP contribution in [0.1, 0.15) is 10.6 Å².